The SMILES string of the molecule is COC(=O)C1(C(=O)OC)CCCC2=C(C1)C(=O)C[C@H]2C. The first kappa shape index (κ1) is 14.8. The lowest BCUT2D eigenvalue weighted by molar-refractivity contribution is -0.169. The van der Waals surface area contributed by atoms with E-state index in [1.54, 1.807) is 0 Å². The smallest absolute Gasteiger partial charge is 0.323 e. The standard InChI is InChI=1S/C15H20O5/c1-9-7-12(16)11-8-15(13(17)19-2,14(18)20-3)6-4-5-10(9)11/h9H,4-8H2,1-3H3/t9-/m1/s1. The Morgan fingerprint density at radius 2 is 1.80 bits per heavy atom. The molecule has 0 radical (unpaired) electrons. The number of methoxy groups -OCH3 is 2. The molecule has 2 aliphatic carbocycles. The molecule has 0 aromatic heterocycles. The monoisotopic (exact) mass is 280 g/mol. The predicted octanol–water partition coefficient (Wildman–Crippen LogP) is 1.80. The van der Waals surface area contributed by atoms with Crippen molar-refractivity contribution in [2.75, 3.05) is 14.2 Å². The third-order valence-corrected chi connectivity index (χ3v) is 4.49. The first-order chi connectivity index (χ1) is 9.46. The summed E-state index contributed by atoms with van der Waals surface area (Å²) in [5, 5.41) is 0. The van der Waals surface area contributed by atoms with E-state index >= 15 is 0 Å². The van der Waals surface area contributed by atoms with Gasteiger partial charge in [0.25, 0.3) is 0 Å². The molecule has 5 nitrogen and oxygen atoms in total. The Bertz CT molecular complexity index is 472. The van der Waals surface area contributed by atoms with Gasteiger partial charge in [-0.25, -0.2) is 0 Å². The molecule has 2 aliphatic rings. The van der Waals surface area contributed by atoms with Gasteiger partial charge in [-0.05, 0) is 30.8 Å². The van der Waals surface area contributed by atoms with Gasteiger partial charge in [0.2, 0.25) is 0 Å². The Balaban J connectivity index is 2.45. The number of hydrogen-bond acceptors (Lipinski definition) is 5. The second-order valence-electron chi connectivity index (χ2n) is 5.63. The molecule has 0 aromatic carbocycles. The van der Waals surface area contributed by atoms with Crippen molar-refractivity contribution < 1.29 is 23.9 Å². The topological polar surface area (TPSA) is 69.7 Å². The van der Waals surface area contributed by atoms with Gasteiger partial charge in [0.1, 0.15) is 0 Å². The van der Waals surface area contributed by atoms with Gasteiger partial charge < -0.3 is 9.47 Å². The van der Waals surface area contributed by atoms with Crippen LogP contribution in [0.2, 0.25) is 0 Å². The zero-order valence-corrected chi connectivity index (χ0v) is 12.2. The molecule has 2 rings (SSSR count). The van der Waals surface area contributed by atoms with E-state index in [2.05, 4.69) is 0 Å². The van der Waals surface area contributed by atoms with Crippen LogP contribution in [0.3, 0.4) is 0 Å². The summed E-state index contributed by atoms with van der Waals surface area (Å²) in [5.41, 5.74) is 0.385. The van der Waals surface area contributed by atoms with Crippen LogP contribution in [0.25, 0.3) is 0 Å². The van der Waals surface area contributed by atoms with Crippen LogP contribution in [-0.2, 0) is 23.9 Å². The average Bonchev–Trinajstić information content (AvgIpc) is 2.63. The Kier molecular flexibility index (Phi) is 3.97. The van der Waals surface area contributed by atoms with Gasteiger partial charge in [0.05, 0.1) is 14.2 Å². The Morgan fingerprint density at radius 3 is 2.35 bits per heavy atom. The van der Waals surface area contributed by atoms with Gasteiger partial charge in [-0.1, -0.05) is 12.5 Å². The highest BCUT2D eigenvalue weighted by atomic mass is 16.5. The van der Waals surface area contributed by atoms with E-state index < -0.39 is 17.4 Å². The number of Topliss-reactive ketones (excluding diaryl/α,β-unsaturated/α-hetero) is 1. The van der Waals surface area contributed by atoms with Crippen LogP contribution in [0.5, 0.6) is 0 Å². The van der Waals surface area contributed by atoms with Crippen LogP contribution in [0.15, 0.2) is 11.1 Å². The second kappa shape index (κ2) is 5.38. The number of allylic oxidation sites excluding steroid dienone is 2. The third-order valence-electron chi connectivity index (χ3n) is 4.49. The molecule has 0 spiro atoms. The second-order valence-corrected chi connectivity index (χ2v) is 5.63. The van der Waals surface area contributed by atoms with Crippen molar-refractivity contribution in [3.8, 4) is 0 Å². The molecule has 110 valence electrons. The molecular formula is C15H20O5. The van der Waals surface area contributed by atoms with Crippen LogP contribution < -0.4 is 0 Å². The highest BCUT2D eigenvalue weighted by Gasteiger charge is 2.51. The summed E-state index contributed by atoms with van der Waals surface area (Å²) >= 11 is 0. The van der Waals surface area contributed by atoms with Crippen molar-refractivity contribution in [3.05, 3.63) is 11.1 Å². The van der Waals surface area contributed by atoms with Gasteiger partial charge in [-0.3, -0.25) is 14.4 Å². The molecule has 0 unspecified atom stereocenters. The minimum atomic E-state index is -1.36. The lowest BCUT2D eigenvalue weighted by Gasteiger charge is -2.27. The van der Waals surface area contributed by atoms with E-state index in [1.807, 2.05) is 6.92 Å². The van der Waals surface area contributed by atoms with E-state index in [0.29, 0.717) is 24.8 Å². The van der Waals surface area contributed by atoms with Crippen LogP contribution in [0.1, 0.15) is 39.0 Å². The number of ketones is 1. The summed E-state index contributed by atoms with van der Waals surface area (Å²) in [6.45, 7) is 2.02. The van der Waals surface area contributed by atoms with Crippen molar-refractivity contribution in [2.45, 2.75) is 39.0 Å². The molecule has 0 heterocycles. The van der Waals surface area contributed by atoms with Crippen molar-refractivity contribution >= 4 is 17.7 Å². The number of carbonyl (C=O) groups is 3. The molecule has 0 saturated heterocycles. The minimum absolute atomic E-state index is 0.0478. The average molecular weight is 280 g/mol. The number of carbonyl (C=O) groups excluding carboxylic acids is 3. The summed E-state index contributed by atoms with van der Waals surface area (Å²) in [6.07, 6.45) is 2.39. The number of hydrogen-bond donors (Lipinski definition) is 0. The summed E-state index contributed by atoms with van der Waals surface area (Å²) in [7, 11) is 2.51. The lowest BCUT2D eigenvalue weighted by atomic mass is 9.78. The summed E-state index contributed by atoms with van der Waals surface area (Å²) in [6, 6.07) is 0. The maximum Gasteiger partial charge on any atom is 0.323 e. The van der Waals surface area contributed by atoms with Gasteiger partial charge in [-0.2, -0.15) is 0 Å². The van der Waals surface area contributed by atoms with E-state index in [1.165, 1.54) is 14.2 Å². The van der Waals surface area contributed by atoms with Crippen LogP contribution >= 0.6 is 0 Å². The Hall–Kier alpha value is -1.65. The number of rotatable bonds is 2. The third kappa shape index (κ3) is 2.15. The van der Waals surface area contributed by atoms with Gasteiger partial charge in [0, 0.05) is 12.8 Å². The fraction of sp³-hybridized carbons (Fsp3) is 0.667. The van der Waals surface area contributed by atoms with Crippen LogP contribution in [0.4, 0.5) is 0 Å². The van der Waals surface area contributed by atoms with E-state index in [-0.39, 0.29) is 18.1 Å². The van der Waals surface area contributed by atoms with E-state index in [9.17, 15) is 14.4 Å². The van der Waals surface area contributed by atoms with Gasteiger partial charge in [0.15, 0.2) is 11.2 Å². The highest BCUT2D eigenvalue weighted by Crippen LogP contribution is 2.45. The molecule has 0 aliphatic heterocycles. The van der Waals surface area contributed by atoms with Crippen molar-refractivity contribution in [2.24, 2.45) is 11.3 Å². The molecule has 0 aromatic rings. The molecule has 5 heteroatoms. The van der Waals surface area contributed by atoms with E-state index in [0.717, 1.165) is 12.0 Å². The maximum atomic E-state index is 12.2. The molecule has 0 N–H and O–H groups in total. The first-order valence-corrected chi connectivity index (χ1v) is 6.88. The summed E-state index contributed by atoms with van der Waals surface area (Å²) < 4.78 is 9.62. The Morgan fingerprint density at radius 1 is 1.20 bits per heavy atom. The maximum absolute atomic E-state index is 12.2. The summed E-state index contributed by atoms with van der Waals surface area (Å²) in [4.78, 5) is 36.4. The lowest BCUT2D eigenvalue weighted by Crippen LogP contribution is -2.41. The predicted molar refractivity (Wildman–Crippen MR) is 70.7 cm³/mol. The van der Waals surface area contributed by atoms with Crippen LogP contribution in [0, 0.1) is 11.3 Å². The Labute approximate surface area is 118 Å². The fourth-order valence-electron chi connectivity index (χ4n) is 3.40. The van der Waals surface area contributed by atoms with E-state index in [4.69, 9.17) is 9.47 Å². The summed E-state index contributed by atoms with van der Waals surface area (Å²) in [5.74, 6) is -0.953. The quantitative estimate of drug-likeness (QED) is 0.570. The number of ether oxygens (including phenoxy) is 2. The van der Waals surface area contributed by atoms with Crippen molar-refractivity contribution in [1.82, 2.24) is 0 Å². The highest BCUT2D eigenvalue weighted by molar-refractivity contribution is 6.05. The largest absolute Gasteiger partial charge is 0.468 e. The zero-order valence-electron chi connectivity index (χ0n) is 12.2. The van der Waals surface area contributed by atoms with Crippen molar-refractivity contribution in [3.63, 3.8) is 0 Å². The first-order valence-electron chi connectivity index (χ1n) is 6.88. The molecule has 20 heavy (non-hydrogen) atoms. The molecule has 0 bridgehead atoms. The zero-order chi connectivity index (χ0) is 14.9. The molecule has 0 amide bonds. The molecule has 0 saturated carbocycles. The minimum Gasteiger partial charge on any atom is -0.468 e. The molecule has 0 fully saturated rings. The normalized spacial score (nSPS) is 24.9. The van der Waals surface area contributed by atoms with Crippen LogP contribution in [-0.4, -0.2) is 31.9 Å². The number of esters is 2. The fourth-order valence-corrected chi connectivity index (χ4v) is 3.40. The molecule has 1 atom stereocenters. The van der Waals surface area contributed by atoms with Gasteiger partial charge >= 0.3 is 11.9 Å². The van der Waals surface area contributed by atoms with Crippen molar-refractivity contribution in [1.29, 1.82) is 0 Å². The molecular weight excluding hydrogens is 260 g/mol. The van der Waals surface area contributed by atoms with Gasteiger partial charge in [-0.15, -0.1) is 0 Å².